The molecule has 12 heteroatoms. The summed E-state index contributed by atoms with van der Waals surface area (Å²) < 4.78 is 27.8. The second kappa shape index (κ2) is 12.6. The van der Waals surface area contributed by atoms with Gasteiger partial charge >= 0.3 is 6.09 Å². The Morgan fingerprint density at radius 2 is 1.85 bits per heavy atom. The Bertz CT molecular complexity index is 1430. The van der Waals surface area contributed by atoms with E-state index in [4.69, 9.17) is 16.6 Å². The van der Waals surface area contributed by atoms with Gasteiger partial charge in [0.1, 0.15) is 5.84 Å². The molecule has 2 aliphatic heterocycles. The van der Waals surface area contributed by atoms with Gasteiger partial charge in [0, 0.05) is 49.7 Å². The number of hydrogen-bond donors (Lipinski definition) is 5. The maximum atomic E-state index is 13.1. The van der Waals surface area contributed by atoms with Gasteiger partial charge in [0.25, 0.3) is 0 Å². The summed E-state index contributed by atoms with van der Waals surface area (Å²) in [6.45, 7) is 3.97. The van der Waals surface area contributed by atoms with Gasteiger partial charge in [-0.15, -0.1) is 0 Å². The summed E-state index contributed by atoms with van der Waals surface area (Å²) in [6, 6.07) is 12.9. The molecule has 1 unspecified atom stereocenters. The van der Waals surface area contributed by atoms with Crippen LogP contribution < -0.4 is 22.1 Å². The molecule has 2 aromatic carbocycles. The van der Waals surface area contributed by atoms with E-state index >= 15 is 0 Å². The predicted molar refractivity (Wildman–Crippen MR) is 154 cm³/mol. The fourth-order valence-electron chi connectivity index (χ4n) is 4.94. The van der Waals surface area contributed by atoms with Crippen molar-refractivity contribution < 1.29 is 23.1 Å². The molecule has 2 aliphatic rings. The first-order chi connectivity index (χ1) is 19.1. The second-order valence-corrected chi connectivity index (χ2v) is 12.0. The van der Waals surface area contributed by atoms with Gasteiger partial charge in [0.2, 0.25) is 15.9 Å². The van der Waals surface area contributed by atoms with Crippen LogP contribution in [0, 0.1) is 5.92 Å². The summed E-state index contributed by atoms with van der Waals surface area (Å²) in [5.41, 5.74) is 15.5. The molecule has 2 amide bonds. The van der Waals surface area contributed by atoms with Crippen molar-refractivity contribution in [3.8, 4) is 0 Å². The van der Waals surface area contributed by atoms with Crippen LogP contribution in [0.25, 0.3) is 6.08 Å². The number of amidine groups is 1. The molecular weight excluding hydrogens is 532 g/mol. The van der Waals surface area contributed by atoms with Crippen molar-refractivity contribution in [3.05, 3.63) is 64.7 Å². The topological polar surface area (TPSA) is 180 Å². The summed E-state index contributed by atoms with van der Waals surface area (Å²) in [6.07, 6.45) is 2.04. The zero-order valence-electron chi connectivity index (χ0n) is 22.5. The van der Waals surface area contributed by atoms with Crippen LogP contribution in [0.5, 0.6) is 0 Å². The summed E-state index contributed by atoms with van der Waals surface area (Å²) >= 11 is 0. The highest BCUT2D eigenvalue weighted by molar-refractivity contribution is 7.89. The molecule has 214 valence electrons. The number of carbonyl (C=O) groups excluding carboxylic acids is 1. The molecule has 11 nitrogen and oxygen atoms in total. The number of nitrogens with two attached hydrogens (primary N) is 2. The third-order valence-electron chi connectivity index (χ3n) is 7.19. The number of nitrogens with one attached hydrogen (secondary N) is 2. The average Bonchev–Trinajstić information content (AvgIpc) is 3.06. The minimum absolute atomic E-state index is 0.0699. The Morgan fingerprint density at radius 1 is 1.12 bits per heavy atom. The van der Waals surface area contributed by atoms with E-state index in [1.54, 1.807) is 24.3 Å². The van der Waals surface area contributed by atoms with Gasteiger partial charge < -0.3 is 27.2 Å². The molecule has 0 saturated carbocycles. The fraction of sp³-hybridized carbons (Fsp3) is 0.393. The number of hydrogen-bond acceptors (Lipinski definition) is 7. The van der Waals surface area contributed by atoms with Crippen molar-refractivity contribution in [3.63, 3.8) is 0 Å². The van der Waals surface area contributed by atoms with E-state index in [0.29, 0.717) is 49.7 Å². The van der Waals surface area contributed by atoms with Crippen molar-refractivity contribution in [2.45, 2.75) is 37.0 Å². The monoisotopic (exact) mass is 568 g/mol. The first-order valence-corrected chi connectivity index (χ1v) is 14.8. The normalized spacial score (nSPS) is 16.6. The van der Waals surface area contributed by atoms with Crippen LogP contribution in [0.3, 0.4) is 0 Å². The lowest BCUT2D eigenvalue weighted by Crippen LogP contribution is -2.52. The minimum Gasteiger partial charge on any atom is -0.465 e. The Balaban J connectivity index is 1.53. The van der Waals surface area contributed by atoms with E-state index in [9.17, 15) is 18.0 Å². The Labute approximate surface area is 234 Å². The van der Waals surface area contributed by atoms with Gasteiger partial charge in [0.15, 0.2) is 0 Å². The van der Waals surface area contributed by atoms with E-state index in [1.165, 1.54) is 4.31 Å². The van der Waals surface area contributed by atoms with E-state index in [2.05, 4.69) is 15.6 Å². The molecule has 0 spiro atoms. The number of nitrogens with zero attached hydrogens (tertiary/aromatic N) is 2. The first-order valence-electron chi connectivity index (χ1n) is 13.3. The highest BCUT2D eigenvalue weighted by Crippen LogP contribution is 2.35. The van der Waals surface area contributed by atoms with Crippen LogP contribution in [0.1, 0.15) is 48.8 Å². The lowest BCUT2D eigenvalue weighted by molar-refractivity contribution is -0.117. The quantitative estimate of drug-likeness (QED) is 0.258. The smallest absolute Gasteiger partial charge is 0.404 e. The molecule has 4 rings (SSSR count). The number of sulfonamides is 1. The molecular formula is C28H36N6O5S. The number of carbonyl (C=O) groups is 2. The van der Waals surface area contributed by atoms with Crippen LogP contribution in [0.4, 0.5) is 10.5 Å². The minimum atomic E-state index is -3.58. The Kier molecular flexibility index (Phi) is 9.23. The number of amides is 2. The van der Waals surface area contributed by atoms with Crippen LogP contribution >= 0.6 is 0 Å². The van der Waals surface area contributed by atoms with Crippen molar-refractivity contribution in [2.24, 2.45) is 22.4 Å². The van der Waals surface area contributed by atoms with Crippen LogP contribution in [-0.2, 0) is 14.8 Å². The van der Waals surface area contributed by atoms with Crippen LogP contribution in [-0.4, -0.2) is 68.4 Å². The molecule has 1 atom stereocenters. The molecule has 40 heavy (non-hydrogen) atoms. The van der Waals surface area contributed by atoms with E-state index in [0.717, 1.165) is 23.1 Å². The summed E-state index contributed by atoms with van der Waals surface area (Å²) in [5.74, 6) is 0.154. The maximum absolute atomic E-state index is 13.1. The predicted octanol–water partition coefficient (Wildman–Crippen LogP) is 2.36. The van der Waals surface area contributed by atoms with Gasteiger partial charge in [-0.3, -0.25) is 4.79 Å². The van der Waals surface area contributed by atoms with Crippen molar-refractivity contribution in [1.82, 2.24) is 14.9 Å². The molecule has 2 heterocycles. The zero-order chi connectivity index (χ0) is 28.9. The number of fused-ring (bicyclic) bond motifs is 1. The fourth-order valence-corrected chi connectivity index (χ4v) is 6.59. The van der Waals surface area contributed by atoms with Crippen LogP contribution in [0.2, 0.25) is 0 Å². The molecule has 1 saturated heterocycles. The highest BCUT2D eigenvalue weighted by Gasteiger charge is 2.36. The zero-order valence-corrected chi connectivity index (χ0v) is 23.3. The molecule has 0 aliphatic carbocycles. The summed E-state index contributed by atoms with van der Waals surface area (Å²) in [4.78, 5) is 28.1. The van der Waals surface area contributed by atoms with Gasteiger partial charge in [-0.2, -0.15) is 4.31 Å². The van der Waals surface area contributed by atoms with E-state index < -0.39 is 16.1 Å². The lowest BCUT2D eigenvalue weighted by atomic mass is 9.88. The summed E-state index contributed by atoms with van der Waals surface area (Å²) in [5, 5.41) is 13.7. The molecule has 7 N–H and O–H groups in total. The molecule has 1 fully saturated rings. The SMILES string of the molecule is CCC(c1cccc(S(=O)(=O)N2CC(CN)C2)c1)c1ccc2c(c1)N=C(N)CC(C(=O)NCCCNC(=O)O)=C2. The molecule has 0 radical (unpaired) electrons. The molecule has 2 aromatic rings. The third-order valence-corrected chi connectivity index (χ3v) is 9.02. The number of benzene rings is 2. The van der Waals surface area contributed by atoms with E-state index in [-0.39, 0.29) is 35.6 Å². The van der Waals surface area contributed by atoms with Gasteiger partial charge in [0.05, 0.1) is 10.6 Å². The second-order valence-electron chi connectivity index (χ2n) is 10.1. The highest BCUT2D eigenvalue weighted by atomic mass is 32.2. The Morgan fingerprint density at radius 3 is 2.55 bits per heavy atom. The first kappa shape index (κ1) is 29.2. The number of aliphatic imine (C=N–C) groups is 1. The van der Waals surface area contributed by atoms with Gasteiger partial charge in [-0.05, 0) is 60.7 Å². The third kappa shape index (κ3) is 6.69. The van der Waals surface area contributed by atoms with Gasteiger partial charge in [-0.25, -0.2) is 18.2 Å². The van der Waals surface area contributed by atoms with E-state index in [1.807, 2.05) is 31.2 Å². The molecule has 0 aromatic heterocycles. The summed E-state index contributed by atoms with van der Waals surface area (Å²) in [7, 11) is -3.58. The standard InChI is InChI=1S/C28H36N6O5S/c1-2-24(19-5-3-6-23(12-19)40(38,39)34-16-18(15-29)17-34)20-7-8-21-11-22(14-26(30)33-25(21)13-20)27(35)31-9-4-10-32-28(36)37/h3,5-8,11-13,18,24,32H,2,4,9-10,14-17,29H2,1H3,(H2,30,33)(H,31,35)(H,36,37). The van der Waals surface area contributed by atoms with Crippen molar-refractivity contribution in [1.29, 1.82) is 0 Å². The molecule has 0 bridgehead atoms. The number of rotatable bonds is 11. The average molecular weight is 569 g/mol. The van der Waals surface area contributed by atoms with Crippen molar-refractivity contribution >= 4 is 39.6 Å². The maximum Gasteiger partial charge on any atom is 0.404 e. The largest absolute Gasteiger partial charge is 0.465 e. The van der Waals surface area contributed by atoms with Gasteiger partial charge in [-0.1, -0.05) is 31.2 Å². The van der Waals surface area contributed by atoms with Crippen molar-refractivity contribution in [2.75, 3.05) is 32.7 Å². The lowest BCUT2D eigenvalue weighted by Gasteiger charge is -2.37. The number of carboxylic acid groups (broad SMARTS) is 1. The Hall–Kier alpha value is -3.74. The van der Waals surface area contributed by atoms with Crippen LogP contribution in [0.15, 0.2) is 57.9 Å².